The van der Waals surface area contributed by atoms with E-state index in [9.17, 15) is 0 Å². The van der Waals surface area contributed by atoms with E-state index in [1.807, 2.05) is 18.3 Å². The van der Waals surface area contributed by atoms with Crippen molar-refractivity contribution in [1.82, 2.24) is 9.55 Å². The van der Waals surface area contributed by atoms with Gasteiger partial charge in [-0.05, 0) is 66.1 Å². The van der Waals surface area contributed by atoms with Gasteiger partial charge in [-0.15, -0.1) is 29.8 Å². The van der Waals surface area contributed by atoms with Gasteiger partial charge in [-0.3, -0.25) is 4.99 Å². The second-order valence-electron chi connectivity index (χ2n) is 16.7. The number of aryl methyl sites for hydroxylation is 1. The molecular weight excluding hydrogens is 858 g/mol. The van der Waals surface area contributed by atoms with Gasteiger partial charge in [0, 0.05) is 39.9 Å². The van der Waals surface area contributed by atoms with E-state index in [2.05, 4.69) is 169 Å². The average molecular weight is 903 g/mol. The van der Waals surface area contributed by atoms with E-state index in [0.29, 0.717) is 17.4 Å². The number of benzene rings is 4. The molecule has 3 aliphatic rings. The third kappa shape index (κ3) is 6.03. The number of fused-ring (bicyclic) bond motifs is 8. The Morgan fingerprint density at radius 1 is 0.891 bits per heavy atom. The van der Waals surface area contributed by atoms with Crippen molar-refractivity contribution in [3.05, 3.63) is 160 Å². The molecule has 3 atom stereocenters. The van der Waals surface area contributed by atoms with Gasteiger partial charge in [0.15, 0.2) is 0 Å². The molecule has 6 heteroatoms. The van der Waals surface area contributed by atoms with Crippen LogP contribution >= 0.6 is 0 Å². The topological polar surface area (TPSA) is 48.6 Å². The predicted octanol–water partition coefficient (Wildman–Crippen LogP) is 11.9. The maximum Gasteiger partial charge on any atom is 2.00 e. The van der Waals surface area contributed by atoms with Crippen LogP contribution < -0.4 is 4.74 Å². The zero-order chi connectivity index (χ0) is 37.6. The van der Waals surface area contributed by atoms with Crippen molar-refractivity contribution < 1.29 is 30.5 Å². The molecule has 0 amide bonds. The van der Waals surface area contributed by atoms with Crippen molar-refractivity contribution >= 4 is 33.9 Å². The molecule has 0 saturated carbocycles. The molecule has 1 unspecified atom stereocenters. The Morgan fingerprint density at radius 2 is 1.69 bits per heavy atom. The van der Waals surface area contributed by atoms with Crippen molar-refractivity contribution in [1.29, 1.82) is 0 Å². The molecule has 2 aromatic heterocycles. The normalized spacial score (nSPS) is 21.3. The minimum absolute atomic E-state index is 0. The minimum atomic E-state index is -0.719. The van der Waals surface area contributed by atoms with Crippen molar-refractivity contribution in [2.24, 2.45) is 10.9 Å². The van der Waals surface area contributed by atoms with Crippen LogP contribution in [0.3, 0.4) is 0 Å². The molecule has 3 heterocycles. The van der Waals surface area contributed by atoms with Crippen LogP contribution in [0.1, 0.15) is 87.8 Å². The number of ether oxygens (including phenoxy) is 2. The van der Waals surface area contributed by atoms with Gasteiger partial charge in [0.1, 0.15) is 22.7 Å². The van der Waals surface area contributed by atoms with Gasteiger partial charge < -0.3 is 14.0 Å². The van der Waals surface area contributed by atoms with E-state index in [1.54, 1.807) is 0 Å². The number of aliphatic imine (C=N–C) groups is 1. The molecule has 1 aliphatic heterocycles. The van der Waals surface area contributed by atoms with Crippen LogP contribution in [0, 0.1) is 25.0 Å². The number of rotatable bonds is 5. The summed E-state index contributed by atoms with van der Waals surface area (Å²) in [6.45, 7) is 17.6. The summed E-state index contributed by atoms with van der Waals surface area (Å²) in [5.41, 5.74) is 9.29. The average Bonchev–Trinajstić information content (AvgIpc) is 3.60. The summed E-state index contributed by atoms with van der Waals surface area (Å²) in [6, 6.07) is 35.0. The smallest absolute Gasteiger partial charge is 0.508 e. The quantitative estimate of drug-likeness (QED) is 0.162. The summed E-state index contributed by atoms with van der Waals surface area (Å²) in [7, 11) is 0. The van der Waals surface area contributed by atoms with Crippen LogP contribution in [0.25, 0.3) is 33.7 Å². The first kappa shape index (κ1) is 37.0. The van der Waals surface area contributed by atoms with Gasteiger partial charge in [0.25, 0.3) is 0 Å². The monoisotopic (exact) mass is 902 g/mol. The number of aromatic nitrogens is 2. The van der Waals surface area contributed by atoms with Gasteiger partial charge in [-0.1, -0.05) is 126 Å². The number of allylic oxidation sites excluding steroid dienone is 3. The molecular formula is C49H45N3O2Pt. The Hall–Kier alpha value is -4.99. The van der Waals surface area contributed by atoms with Crippen LogP contribution in [0.2, 0.25) is 0 Å². The summed E-state index contributed by atoms with van der Waals surface area (Å²) in [5, 5.41) is 2.28. The fourth-order valence-corrected chi connectivity index (χ4v) is 8.47. The first-order chi connectivity index (χ1) is 25.8. The van der Waals surface area contributed by atoms with E-state index in [-0.39, 0.29) is 38.3 Å². The fraction of sp³-hybridized carbons (Fsp3) is 0.265. The molecule has 5 nitrogen and oxygen atoms in total. The van der Waals surface area contributed by atoms with E-state index in [0.717, 1.165) is 50.1 Å². The second-order valence-corrected chi connectivity index (χ2v) is 16.7. The Balaban J connectivity index is 0.00000427. The van der Waals surface area contributed by atoms with Crippen LogP contribution in [-0.4, -0.2) is 21.0 Å². The number of pyridine rings is 1. The first-order valence-electron chi connectivity index (χ1n) is 19.0. The summed E-state index contributed by atoms with van der Waals surface area (Å²) >= 11 is 0. The molecule has 278 valence electrons. The SMILES string of the molecule is Cc1cc(Oc2[c-]c(C3=N[C@]4(C)C5C=CC=CC5=Cc5ccccc5[C@]4(C)O3)cc(C(C)C)c2)[c-]c(-n2c3ccc(C(C)(C)C)cc3c3cccnc32)c1.[Pt+2]. The maximum atomic E-state index is 7.09. The number of hydrogen-bond donors (Lipinski definition) is 0. The molecule has 6 aromatic rings. The first-order valence-corrected chi connectivity index (χ1v) is 19.0. The molecule has 0 N–H and O–H groups in total. The molecule has 4 aromatic carbocycles. The fourth-order valence-electron chi connectivity index (χ4n) is 8.47. The Kier molecular flexibility index (Phi) is 8.97. The molecule has 0 fully saturated rings. The standard InChI is InChI=1S/C49H45N3O2.Pt/c1-30(2)34-25-35(46-51-48(7)42-17-11-9-14-32(42)24-33-15-10-12-18-43(33)49(48,8)54-46)27-39(26-34)53-38-23-31(3)22-37(29-38)52-44-20-19-36(47(4,5)6)28-41(44)40-16-13-21-50-45(40)52;/h9-26,28,30,42H,1-8H3;/q-2;+2/t42?,48-,49+;/m1./s1. The van der Waals surface area contributed by atoms with Gasteiger partial charge in [-0.25, -0.2) is 4.98 Å². The zero-order valence-electron chi connectivity index (χ0n) is 32.6. The molecule has 0 radical (unpaired) electrons. The van der Waals surface area contributed by atoms with Gasteiger partial charge >= 0.3 is 21.1 Å². The predicted molar refractivity (Wildman–Crippen MR) is 220 cm³/mol. The Bertz CT molecular complexity index is 2640. The Morgan fingerprint density at radius 3 is 2.49 bits per heavy atom. The summed E-state index contributed by atoms with van der Waals surface area (Å²) < 4.78 is 16.0. The van der Waals surface area contributed by atoms with Crippen LogP contribution in [0.5, 0.6) is 11.5 Å². The molecule has 55 heavy (non-hydrogen) atoms. The molecule has 0 saturated heterocycles. The third-order valence-electron chi connectivity index (χ3n) is 11.7. The molecule has 9 rings (SSSR count). The van der Waals surface area contributed by atoms with E-state index >= 15 is 0 Å². The van der Waals surface area contributed by atoms with Crippen LogP contribution in [-0.2, 0) is 36.8 Å². The molecule has 0 bridgehead atoms. The number of hydrogen-bond acceptors (Lipinski definition) is 4. The molecule has 2 aliphatic carbocycles. The van der Waals surface area contributed by atoms with E-state index in [1.165, 1.54) is 16.5 Å². The van der Waals surface area contributed by atoms with Gasteiger partial charge in [0.05, 0.1) is 5.52 Å². The third-order valence-corrected chi connectivity index (χ3v) is 11.7. The summed E-state index contributed by atoms with van der Waals surface area (Å²) in [5.74, 6) is 2.05. The van der Waals surface area contributed by atoms with Crippen LogP contribution in [0.15, 0.2) is 120 Å². The minimum Gasteiger partial charge on any atom is -0.508 e. The largest absolute Gasteiger partial charge is 2.00 e. The van der Waals surface area contributed by atoms with Gasteiger partial charge in [-0.2, -0.15) is 5.56 Å². The van der Waals surface area contributed by atoms with Crippen molar-refractivity contribution in [2.75, 3.05) is 0 Å². The second kappa shape index (κ2) is 13.3. The summed E-state index contributed by atoms with van der Waals surface area (Å²) in [4.78, 5) is 10.3. The Labute approximate surface area is 338 Å². The van der Waals surface area contributed by atoms with E-state index in [4.69, 9.17) is 19.5 Å². The van der Waals surface area contributed by atoms with E-state index < -0.39 is 11.1 Å². The molecule has 0 spiro atoms. The van der Waals surface area contributed by atoms with Crippen molar-refractivity contribution in [3.63, 3.8) is 0 Å². The van der Waals surface area contributed by atoms with Crippen molar-refractivity contribution in [2.45, 2.75) is 77.9 Å². The van der Waals surface area contributed by atoms with Crippen LogP contribution in [0.4, 0.5) is 0 Å². The zero-order valence-corrected chi connectivity index (χ0v) is 34.9. The summed E-state index contributed by atoms with van der Waals surface area (Å²) in [6.07, 6.45) is 12.8. The van der Waals surface area contributed by atoms with Gasteiger partial charge in [0.2, 0.25) is 0 Å². The maximum absolute atomic E-state index is 7.09. The van der Waals surface area contributed by atoms with Crippen molar-refractivity contribution in [3.8, 4) is 17.2 Å². The number of nitrogens with zero attached hydrogens (tertiary/aromatic N) is 3.